The van der Waals surface area contributed by atoms with Crippen molar-refractivity contribution in [3.8, 4) is 0 Å². The fourth-order valence-electron chi connectivity index (χ4n) is 1.48. The zero-order chi connectivity index (χ0) is 7.68. The second-order valence-corrected chi connectivity index (χ2v) is 3.01. The number of hydrogen-bond donors (Lipinski definition) is 1. The summed E-state index contributed by atoms with van der Waals surface area (Å²) < 4.78 is 0. The average molecular weight is 148 g/mol. The van der Waals surface area contributed by atoms with Crippen molar-refractivity contribution in [3.05, 3.63) is 16.8 Å². The molecule has 0 saturated heterocycles. The molecule has 2 nitrogen and oxygen atoms in total. The van der Waals surface area contributed by atoms with Crippen LogP contribution in [0.25, 0.3) is 12.2 Å². The maximum atomic E-state index is 3.99. The number of rotatable bonds is 1. The minimum atomic E-state index is 0.722. The fraction of sp³-hybridized carbons (Fsp3) is 0.444. The minimum absolute atomic E-state index is 0.722. The second-order valence-electron chi connectivity index (χ2n) is 3.01. The van der Waals surface area contributed by atoms with E-state index in [9.17, 15) is 0 Å². The van der Waals surface area contributed by atoms with Gasteiger partial charge < -0.3 is 0 Å². The van der Waals surface area contributed by atoms with Crippen LogP contribution in [-0.2, 0) is 0 Å². The molecule has 58 valence electrons. The van der Waals surface area contributed by atoms with Gasteiger partial charge in [0, 0.05) is 5.22 Å². The third-order valence-electron chi connectivity index (χ3n) is 2.26. The quantitative estimate of drug-likeness (QED) is 0.613. The van der Waals surface area contributed by atoms with Crippen molar-refractivity contribution >= 4 is 12.2 Å². The smallest absolute Gasteiger partial charge is 0.0607 e. The summed E-state index contributed by atoms with van der Waals surface area (Å²) in [5.41, 5.74) is 0. The normalized spacial score (nSPS) is 21.7. The highest BCUT2D eigenvalue weighted by Gasteiger charge is 2.04. The van der Waals surface area contributed by atoms with Gasteiger partial charge in [-0.25, -0.2) is 0 Å². The maximum absolute atomic E-state index is 3.99. The van der Waals surface area contributed by atoms with Gasteiger partial charge in [0.25, 0.3) is 0 Å². The summed E-state index contributed by atoms with van der Waals surface area (Å²) in [4.78, 5) is 0. The van der Waals surface area contributed by atoms with Crippen LogP contribution in [0.15, 0.2) is 6.20 Å². The molecule has 0 aromatic carbocycles. The zero-order valence-corrected chi connectivity index (χ0v) is 6.67. The van der Waals surface area contributed by atoms with E-state index in [0.717, 1.165) is 12.3 Å². The van der Waals surface area contributed by atoms with Crippen LogP contribution < -0.4 is 10.6 Å². The number of hydrogen-bond acceptors (Lipinski definition) is 1. The Labute approximate surface area is 65.6 Å². The number of H-pyrrole nitrogens is 1. The Morgan fingerprint density at radius 1 is 1.73 bits per heavy atom. The molecule has 1 aliphatic carbocycles. The van der Waals surface area contributed by atoms with Crippen molar-refractivity contribution in [1.29, 1.82) is 0 Å². The van der Waals surface area contributed by atoms with Crippen LogP contribution in [0.4, 0.5) is 0 Å². The molecule has 1 unspecified atom stereocenters. The molecule has 1 N–H and O–H groups in total. The van der Waals surface area contributed by atoms with Gasteiger partial charge in [0.1, 0.15) is 0 Å². The van der Waals surface area contributed by atoms with Gasteiger partial charge in [0.2, 0.25) is 0 Å². The summed E-state index contributed by atoms with van der Waals surface area (Å²) in [6.07, 6.45) is 8.82. The molecular weight excluding hydrogens is 136 g/mol. The van der Waals surface area contributed by atoms with Crippen molar-refractivity contribution in [1.82, 2.24) is 10.2 Å². The van der Waals surface area contributed by atoms with Crippen LogP contribution in [0.1, 0.15) is 19.8 Å². The van der Waals surface area contributed by atoms with Crippen molar-refractivity contribution < 1.29 is 0 Å². The van der Waals surface area contributed by atoms with Gasteiger partial charge >= 0.3 is 0 Å². The van der Waals surface area contributed by atoms with Gasteiger partial charge in [-0.3, -0.25) is 5.10 Å². The van der Waals surface area contributed by atoms with Gasteiger partial charge in [0.05, 0.1) is 11.5 Å². The van der Waals surface area contributed by atoms with Crippen molar-refractivity contribution in [2.75, 3.05) is 0 Å². The standard InChI is InChI=1S/C9H12N2/c1-2-7-3-4-9-8(5-7)6-10-11-9/h4-7,11H,2-3H2,1H3. The molecule has 0 aliphatic heterocycles. The lowest BCUT2D eigenvalue weighted by molar-refractivity contribution is 0.681. The van der Waals surface area contributed by atoms with Gasteiger partial charge in [-0.1, -0.05) is 19.1 Å². The van der Waals surface area contributed by atoms with E-state index in [1.807, 2.05) is 6.20 Å². The van der Waals surface area contributed by atoms with Gasteiger partial charge in [-0.2, -0.15) is 5.10 Å². The van der Waals surface area contributed by atoms with E-state index in [1.54, 1.807) is 0 Å². The van der Waals surface area contributed by atoms with E-state index in [4.69, 9.17) is 0 Å². The summed E-state index contributed by atoms with van der Waals surface area (Å²) >= 11 is 0. The van der Waals surface area contributed by atoms with E-state index < -0.39 is 0 Å². The molecule has 11 heavy (non-hydrogen) atoms. The lowest BCUT2D eigenvalue weighted by Crippen LogP contribution is -2.26. The zero-order valence-electron chi connectivity index (χ0n) is 6.67. The van der Waals surface area contributed by atoms with Crippen molar-refractivity contribution in [2.24, 2.45) is 5.92 Å². The molecule has 0 amide bonds. The number of fused-ring (bicyclic) bond motifs is 1. The molecule has 1 atom stereocenters. The predicted octanol–water partition coefficient (Wildman–Crippen LogP) is 0.401. The van der Waals surface area contributed by atoms with Crippen LogP contribution in [-0.4, -0.2) is 10.2 Å². The molecule has 0 radical (unpaired) electrons. The Kier molecular flexibility index (Phi) is 1.53. The highest BCUT2D eigenvalue weighted by Crippen LogP contribution is 2.11. The fourth-order valence-corrected chi connectivity index (χ4v) is 1.48. The monoisotopic (exact) mass is 148 g/mol. The average Bonchev–Trinajstić information content (AvgIpc) is 2.50. The van der Waals surface area contributed by atoms with Crippen LogP contribution in [0.3, 0.4) is 0 Å². The first-order chi connectivity index (χ1) is 5.40. The topological polar surface area (TPSA) is 28.7 Å². The third kappa shape index (κ3) is 1.09. The van der Waals surface area contributed by atoms with E-state index in [2.05, 4.69) is 29.3 Å². The molecule has 2 rings (SSSR count). The Morgan fingerprint density at radius 2 is 2.64 bits per heavy atom. The third-order valence-corrected chi connectivity index (χ3v) is 2.26. The highest BCUT2D eigenvalue weighted by atomic mass is 15.1. The lowest BCUT2D eigenvalue weighted by atomic mass is 9.98. The first-order valence-electron chi connectivity index (χ1n) is 4.11. The summed E-state index contributed by atoms with van der Waals surface area (Å²) in [6, 6.07) is 0. The Balaban J connectivity index is 2.53. The first kappa shape index (κ1) is 6.65. The van der Waals surface area contributed by atoms with Gasteiger partial charge in [-0.05, 0) is 18.8 Å². The Hall–Kier alpha value is -1.05. The van der Waals surface area contributed by atoms with E-state index in [0.29, 0.717) is 0 Å². The van der Waals surface area contributed by atoms with E-state index in [-0.39, 0.29) is 0 Å². The summed E-state index contributed by atoms with van der Waals surface area (Å²) in [5, 5.41) is 9.41. The molecular formula is C9H12N2. The van der Waals surface area contributed by atoms with E-state index >= 15 is 0 Å². The molecule has 2 heteroatoms. The SMILES string of the molecule is CCC1C=c2cn[nH]c2=CC1. The minimum Gasteiger partial charge on any atom is -0.278 e. The Morgan fingerprint density at radius 3 is 3.45 bits per heavy atom. The van der Waals surface area contributed by atoms with Crippen LogP contribution >= 0.6 is 0 Å². The largest absolute Gasteiger partial charge is 0.278 e. The van der Waals surface area contributed by atoms with Crippen molar-refractivity contribution in [3.63, 3.8) is 0 Å². The summed E-state index contributed by atoms with van der Waals surface area (Å²) in [7, 11) is 0. The van der Waals surface area contributed by atoms with Crippen LogP contribution in [0.2, 0.25) is 0 Å². The van der Waals surface area contributed by atoms with Crippen molar-refractivity contribution in [2.45, 2.75) is 19.8 Å². The number of nitrogens with zero attached hydrogens (tertiary/aromatic N) is 1. The molecule has 0 fully saturated rings. The van der Waals surface area contributed by atoms with Crippen LogP contribution in [0, 0.1) is 5.92 Å². The molecule has 0 spiro atoms. The highest BCUT2D eigenvalue weighted by molar-refractivity contribution is 5.37. The lowest BCUT2D eigenvalue weighted by Gasteiger charge is -2.07. The molecule has 1 heterocycles. The first-order valence-corrected chi connectivity index (χ1v) is 4.11. The molecule has 1 aromatic rings. The van der Waals surface area contributed by atoms with E-state index in [1.165, 1.54) is 17.0 Å². The van der Waals surface area contributed by atoms with Gasteiger partial charge in [0.15, 0.2) is 0 Å². The maximum Gasteiger partial charge on any atom is 0.0607 e. The van der Waals surface area contributed by atoms with Gasteiger partial charge in [-0.15, -0.1) is 0 Å². The summed E-state index contributed by atoms with van der Waals surface area (Å²) in [6.45, 7) is 2.22. The van der Waals surface area contributed by atoms with Crippen LogP contribution in [0.5, 0.6) is 0 Å². The number of aromatic amines is 1. The second kappa shape index (κ2) is 2.53. The molecule has 0 bridgehead atoms. The summed E-state index contributed by atoms with van der Waals surface area (Å²) in [5.74, 6) is 0.722. The number of aromatic nitrogens is 2. The predicted molar refractivity (Wildman–Crippen MR) is 45.2 cm³/mol. The Bertz CT molecular complexity index is 348. The number of nitrogens with one attached hydrogen (secondary N) is 1. The molecule has 1 aromatic heterocycles. The molecule has 0 saturated carbocycles. The molecule has 1 aliphatic rings.